The lowest BCUT2D eigenvalue weighted by Gasteiger charge is -2.10. The maximum absolute atomic E-state index is 5.26. The zero-order valence-electron chi connectivity index (χ0n) is 26.3. The molecule has 0 aliphatic carbocycles. The van der Waals surface area contributed by atoms with Crippen molar-refractivity contribution in [3.05, 3.63) is 158 Å². The van der Waals surface area contributed by atoms with Gasteiger partial charge in [-0.3, -0.25) is 4.57 Å². The topological polar surface area (TPSA) is 27.2 Å². The summed E-state index contributed by atoms with van der Waals surface area (Å²) in [7, 11) is 0. The molecule has 0 N–H and O–H groups in total. The third-order valence-electron chi connectivity index (χ3n) is 10.8. The predicted molar refractivity (Wildman–Crippen MR) is 205 cm³/mol. The molecule has 0 aliphatic heterocycles. The first kappa shape index (κ1) is 25.4. The normalized spacial score (nSPS) is 12.5. The standard InChI is InChI=1S/C45H26N4/c1-2-13-28(14-3-1)48-36-19-9-7-17-32(36)35-24-29(26-46-45(35)48)47-39-23-22-27-12-4-5-15-30(27)41(39)43-40(47)25-34-31-16-6-10-20-37(31)49-38-21-11-8-18-33(38)42(43)44(34)49/h1-26H. The van der Waals surface area contributed by atoms with Crippen molar-refractivity contribution in [2.45, 2.75) is 0 Å². The van der Waals surface area contributed by atoms with Gasteiger partial charge in [0.05, 0.1) is 45.0 Å². The number of nitrogens with zero attached hydrogens (tertiary/aromatic N) is 4. The first-order valence-corrected chi connectivity index (χ1v) is 16.8. The lowest BCUT2D eigenvalue weighted by atomic mass is 9.99. The molecule has 226 valence electrons. The van der Waals surface area contributed by atoms with Crippen LogP contribution in [0.1, 0.15) is 0 Å². The Kier molecular flexibility index (Phi) is 4.69. The van der Waals surface area contributed by atoms with Crippen LogP contribution in [0.25, 0.3) is 104 Å². The van der Waals surface area contributed by atoms with E-state index >= 15 is 0 Å². The second-order valence-electron chi connectivity index (χ2n) is 13.2. The molecule has 0 radical (unpaired) electrons. The van der Waals surface area contributed by atoms with Crippen LogP contribution >= 0.6 is 0 Å². The van der Waals surface area contributed by atoms with Crippen LogP contribution in [0.2, 0.25) is 0 Å². The molecule has 0 fully saturated rings. The minimum Gasteiger partial charge on any atom is -0.308 e. The van der Waals surface area contributed by atoms with E-state index in [1.807, 2.05) is 0 Å². The van der Waals surface area contributed by atoms with Crippen LogP contribution in [-0.4, -0.2) is 18.5 Å². The molecule has 12 aromatic rings. The number of hydrogen-bond acceptors (Lipinski definition) is 1. The maximum Gasteiger partial charge on any atom is 0.145 e. The number of benzene rings is 7. The molecule has 49 heavy (non-hydrogen) atoms. The van der Waals surface area contributed by atoms with Crippen molar-refractivity contribution >= 4 is 92.6 Å². The second-order valence-corrected chi connectivity index (χ2v) is 13.2. The molecular weight excluding hydrogens is 597 g/mol. The van der Waals surface area contributed by atoms with Gasteiger partial charge in [-0.2, -0.15) is 0 Å². The summed E-state index contributed by atoms with van der Waals surface area (Å²) >= 11 is 0. The molecule has 4 nitrogen and oxygen atoms in total. The molecule has 0 saturated heterocycles. The Bertz CT molecular complexity index is 3320. The van der Waals surface area contributed by atoms with Crippen LogP contribution in [0.5, 0.6) is 0 Å². The van der Waals surface area contributed by atoms with Gasteiger partial charge in [-0.25, -0.2) is 4.98 Å². The van der Waals surface area contributed by atoms with Gasteiger partial charge in [0.1, 0.15) is 5.65 Å². The van der Waals surface area contributed by atoms with E-state index in [1.165, 1.54) is 76.1 Å². The summed E-state index contributed by atoms with van der Waals surface area (Å²) in [6.45, 7) is 0. The van der Waals surface area contributed by atoms with Gasteiger partial charge in [-0.05, 0) is 59.3 Å². The van der Waals surface area contributed by atoms with Crippen LogP contribution in [0.4, 0.5) is 0 Å². The van der Waals surface area contributed by atoms with Crippen LogP contribution in [0.3, 0.4) is 0 Å². The van der Waals surface area contributed by atoms with Crippen LogP contribution in [0, 0.1) is 0 Å². The number of aromatic nitrogens is 4. The van der Waals surface area contributed by atoms with Gasteiger partial charge in [-0.15, -0.1) is 0 Å². The Morgan fingerprint density at radius 3 is 1.84 bits per heavy atom. The lowest BCUT2D eigenvalue weighted by Crippen LogP contribution is -1.98. The predicted octanol–water partition coefficient (Wildman–Crippen LogP) is 11.6. The number of fused-ring (bicyclic) bond motifs is 15. The first-order chi connectivity index (χ1) is 24.3. The van der Waals surface area contributed by atoms with Gasteiger partial charge in [0.2, 0.25) is 0 Å². The maximum atomic E-state index is 5.26. The molecule has 0 atom stereocenters. The fraction of sp³-hybridized carbons (Fsp3) is 0. The van der Waals surface area contributed by atoms with Crippen LogP contribution in [-0.2, 0) is 0 Å². The van der Waals surface area contributed by atoms with Crippen molar-refractivity contribution in [3.8, 4) is 11.4 Å². The van der Waals surface area contributed by atoms with E-state index in [2.05, 4.69) is 171 Å². The van der Waals surface area contributed by atoms with Gasteiger partial charge in [0.25, 0.3) is 0 Å². The zero-order chi connectivity index (χ0) is 31.8. The van der Waals surface area contributed by atoms with Crippen molar-refractivity contribution in [1.29, 1.82) is 0 Å². The zero-order valence-corrected chi connectivity index (χ0v) is 26.3. The summed E-state index contributed by atoms with van der Waals surface area (Å²) in [5, 5.41) is 12.6. The van der Waals surface area contributed by atoms with Crippen molar-refractivity contribution in [3.63, 3.8) is 0 Å². The highest BCUT2D eigenvalue weighted by molar-refractivity contribution is 6.38. The highest BCUT2D eigenvalue weighted by atomic mass is 15.1. The monoisotopic (exact) mass is 622 g/mol. The smallest absolute Gasteiger partial charge is 0.145 e. The van der Waals surface area contributed by atoms with Crippen LogP contribution < -0.4 is 0 Å². The summed E-state index contributed by atoms with van der Waals surface area (Å²) in [5.41, 5.74) is 10.4. The van der Waals surface area contributed by atoms with Gasteiger partial charge in [-0.1, -0.05) is 103 Å². The van der Waals surface area contributed by atoms with Crippen molar-refractivity contribution < 1.29 is 0 Å². The van der Waals surface area contributed by atoms with E-state index < -0.39 is 0 Å². The largest absolute Gasteiger partial charge is 0.308 e. The molecule has 4 heteroatoms. The average molecular weight is 623 g/mol. The highest BCUT2D eigenvalue weighted by Crippen LogP contribution is 2.48. The Morgan fingerprint density at radius 2 is 1.02 bits per heavy atom. The number of para-hydroxylation sites is 4. The molecule has 0 spiro atoms. The van der Waals surface area contributed by atoms with E-state index in [4.69, 9.17) is 4.98 Å². The highest BCUT2D eigenvalue weighted by Gasteiger charge is 2.25. The van der Waals surface area contributed by atoms with Crippen molar-refractivity contribution in [1.82, 2.24) is 18.5 Å². The Balaban J connectivity index is 1.31. The molecule has 0 bridgehead atoms. The van der Waals surface area contributed by atoms with E-state index in [0.717, 1.165) is 27.9 Å². The Morgan fingerprint density at radius 1 is 0.367 bits per heavy atom. The minimum atomic E-state index is 0.959. The number of rotatable bonds is 2. The number of hydrogen-bond donors (Lipinski definition) is 0. The average Bonchev–Trinajstić information content (AvgIpc) is 3.88. The van der Waals surface area contributed by atoms with Crippen molar-refractivity contribution in [2.75, 3.05) is 0 Å². The minimum absolute atomic E-state index is 0.959. The molecule has 0 unspecified atom stereocenters. The molecule has 12 rings (SSSR count). The van der Waals surface area contributed by atoms with Gasteiger partial charge in [0, 0.05) is 48.8 Å². The fourth-order valence-electron chi connectivity index (χ4n) is 8.85. The van der Waals surface area contributed by atoms with Gasteiger partial charge in [0.15, 0.2) is 0 Å². The van der Waals surface area contributed by atoms with Crippen molar-refractivity contribution in [2.24, 2.45) is 0 Å². The summed E-state index contributed by atoms with van der Waals surface area (Å²) in [6.07, 6.45) is 2.06. The van der Waals surface area contributed by atoms with E-state index in [9.17, 15) is 0 Å². The molecule has 0 saturated carbocycles. The third-order valence-corrected chi connectivity index (χ3v) is 10.8. The van der Waals surface area contributed by atoms with E-state index in [0.29, 0.717) is 0 Å². The molecule has 0 aliphatic rings. The SMILES string of the molecule is c1ccc(-n2c3ccccc3c3cc(-n4c5ccc6ccccc6c5c5c6c7ccccc7n7c8ccccc8c(cc54)c67)cnc32)cc1. The molecule has 5 aromatic heterocycles. The second kappa shape index (κ2) is 9.03. The molecular formula is C45H26N4. The lowest BCUT2D eigenvalue weighted by molar-refractivity contribution is 1.11. The molecule has 5 heterocycles. The van der Waals surface area contributed by atoms with Crippen LogP contribution in [0.15, 0.2) is 158 Å². The Hall–Kier alpha value is -6.65. The summed E-state index contributed by atoms with van der Waals surface area (Å²) in [4.78, 5) is 5.26. The summed E-state index contributed by atoms with van der Waals surface area (Å²) < 4.78 is 7.22. The summed E-state index contributed by atoms with van der Waals surface area (Å²) in [6, 6.07) is 55.1. The van der Waals surface area contributed by atoms with Gasteiger partial charge < -0.3 is 8.97 Å². The Labute approximate surface area is 279 Å². The molecule has 7 aromatic carbocycles. The first-order valence-electron chi connectivity index (χ1n) is 16.8. The molecule has 0 amide bonds. The number of pyridine rings is 1. The fourth-order valence-corrected chi connectivity index (χ4v) is 8.85. The quantitative estimate of drug-likeness (QED) is 0.188. The summed E-state index contributed by atoms with van der Waals surface area (Å²) in [5.74, 6) is 0. The van der Waals surface area contributed by atoms with Gasteiger partial charge >= 0.3 is 0 Å². The third kappa shape index (κ3) is 3.12. The van der Waals surface area contributed by atoms with E-state index in [-0.39, 0.29) is 0 Å². The van der Waals surface area contributed by atoms with E-state index in [1.54, 1.807) is 0 Å².